The van der Waals surface area contributed by atoms with E-state index in [1.165, 1.54) is 5.56 Å². The molecule has 0 radical (unpaired) electrons. The second-order valence-electron chi connectivity index (χ2n) is 7.72. The fourth-order valence-corrected chi connectivity index (χ4v) is 3.89. The number of anilines is 3. The van der Waals surface area contributed by atoms with Crippen LogP contribution in [-0.2, 0) is 6.42 Å². The van der Waals surface area contributed by atoms with Crippen LogP contribution in [0.25, 0.3) is 33.5 Å². The minimum Gasteiger partial charge on any atom is -0.399 e. The van der Waals surface area contributed by atoms with Crippen molar-refractivity contribution in [1.82, 2.24) is 9.97 Å². The molecule has 4 aromatic carbocycles. The number of nitrogens with one attached hydrogen (secondary N) is 1. The molecule has 0 fully saturated rings. The molecular formula is C30H30N4. The number of aryl methyl sites for hydroxylation is 1. The van der Waals surface area contributed by atoms with Gasteiger partial charge in [-0.1, -0.05) is 87.5 Å². The Labute approximate surface area is 201 Å². The second kappa shape index (κ2) is 10.6. The van der Waals surface area contributed by atoms with Crippen molar-refractivity contribution >= 4 is 28.1 Å². The van der Waals surface area contributed by atoms with Crippen molar-refractivity contribution in [1.29, 1.82) is 0 Å². The van der Waals surface area contributed by atoms with Gasteiger partial charge in [0.1, 0.15) is 5.52 Å². The van der Waals surface area contributed by atoms with Crippen LogP contribution in [0.15, 0.2) is 97.1 Å². The maximum atomic E-state index is 5.85. The molecule has 5 rings (SSSR count). The molecule has 170 valence electrons. The quantitative estimate of drug-likeness (QED) is 0.270. The van der Waals surface area contributed by atoms with Crippen molar-refractivity contribution in [2.75, 3.05) is 11.1 Å². The third-order valence-electron chi connectivity index (χ3n) is 5.57. The fraction of sp³-hybridized carbons (Fsp3) is 0.133. The van der Waals surface area contributed by atoms with Crippen LogP contribution < -0.4 is 11.1 Å². The summed E-state index contributed by atoms with van der Waals surface area (Å²) in [5, 5.41) is 3.51. The molecule has 3 N–H and O–H groups in total. The van der Waals surface area contributed by atoms with Crippen molar-refractivity contribution in [3.8, 4) is 22.5 Å². The minimum absolute atomic E-state index is 0.736. The van der Waals surface area contributed by atoms with E-state index in [9.17, 15) is 0 Å². The number of fused-ring (bicyclic) bond motifs is 1. The molecule has 5 aromatic rings. The average molecular weight is 447 g/mol. The average Bonchev–Trinajstić information content (AvgIpc) is 2.91. The smallest absolute Gasteiger partial charge is 0.113 e. The highest BCUT2D eigenvalue weighted by Crippen LogP contribution is 2.35. The number of nitrogens with zero attached hydrogens (tertiary/aromatic N) is 2. The van der Waals surface area contributed by atoms with Crippen LogP contribution in [0.1, 0.15) is 26.3 Å². The van der Waals surface area contributed by atoms with Gasteiger partial charge in [0.2, 0.25) is 0 Å². The summed E-state index contributed by atoms with van der Waals surface area (Å²) in [4.78, 5) is 10.4. The predicted octanol–water partition coefficient (Wildman–Crippen LogP) is 7.88. The number of rotatable bonds is 5. The first kappa shape index (κ1) is 23.0. The Morgan fingerprint density at radius 2 is 1.18 bits per heavy atom. The van der Waals surface area contributed by atoms with Gasteiger partial charge in [0.15, 0.2) is 0 Å². The first-order valence-electron chi connectivity index (χ1n) is 11.8. The third-order valence-corrected chi connectivity index (χ3v) is 5.57. The summed E-state index contributed by atoms with van der Waals surface area (Å²) in [5.41, 5.74) is 15.3. The summed E-state index contributed by atoms with van der Waals surface area (Å²) in [6.07, 6.45) is 0.881. The van der Waals surface area contributed by atoms with Crippen molar-refractivity contribution in [3.63, 3.8) is 0 Å². The van der Waals surface area contributed by atoms with Gasteiger partial charge in [-0.2, -0.15) is 0 Å². The second-order valence-corrected chi connectivity index (χ2v) is 7.72. The van der Waals surface area contributed by atoms with Crippen LogP contribution in [0.2, 0.25) is 0 Å². The van der Waals surface area contributed by atoms with Gasteiger partial charge in [0.05, 0.1) is 22.6 Å². The fourth-order valence-electron chi connectivity index (χ4n) is 3.89. The Kier molecular flexibility index (Phi) is 7.19. The molecule has 4 heteroatoms. The third kappa shape index (κ3) is 4.76. The highest BCUT2D eigenvalue weighted by molar-refractivity contribution is 5.96. The Morgan fingerprint density at radius 3 is 1.71 bits per heavy atom. The van der Waals surface area contributed by atoms with Gasteiger partial charge in [-0.05, 0) is 42.3 Å². The lowest BCUT2D eigenvalue weighted by atomic mass is 10.0. The molecule has 0 unspecified atom stereocenters. The zero-order valence-electron chi connectivity index (χ0n) is 19.9. The molecule has 0 amide bonds. The van der Waals surface area contributed by atoms with Crippen LogP contribution in [0.5, 0.6) is 0 Å². The van der Waals surface area contributed by atoms with Crippen molar-refractivity contribution < 1.29 is 0 Å². The highest BCUT2D eigenvalue weighted by Gasteiger charge is 2.17. The molecule has 4 nitrogen and oxygen atoms in total. The summed E-state index contributed by atoms with van der Waals surface area (Å²) in [7, 11) is 0. The molecule has 0 aliphatic carbocycles. The van der Waals surface area contributed by atoms with E-state index in [-0.39, 0.29) is 0 Å². The van der Waals surface area contributed by atoms with Gasteiger partial charge in [-0.3, -0.25) is 0 Å². The van der Waals surface area contributed by atoms with E-state index in [1.807, 2.05) is 74.5 Å². The SMILES string of the molecule is CC.CCc1ccc(Nc2ccc(N)cc2)c2nc(-c3ccccc3)c(-c3ccccc3)nc12. The number of hydrogen-bond acceptors (Lipinski definition) is 4. The van der Waals surface area contributed by atoms with Crippen LogP contribution in [-0.4, -0.2) is 9.97 Å². The van der Waals surface area contributed by atoms with Gasteiger partial charge >= 0.3 is 0 Å². The predicted molar refractivity (Wildman–Crippen MR) is 145 cm³/mol. The molecular weight excluding hydrogens is 416 g/mol. The molecule has 34 heavy (non-hydrogen) atoms. The minimum atomic E-state index is 0.736. The largest absolute Gasteiger partial charge is 0.399 e. The van der Waals surface area contributed by atoms with E-state index >= 15 is 0 Å². The Morgan fingerprint density at radius 1 is 0.647 bits per heavy atom. The first-order valence-corrected chi connectivity index (χ1v) is 11.8. The van der Waals surface area contributed by atoms with Crippen molar-refractivity contribution in [3.05, 3.63) is 103 Å². The van der Waals surface area contributed by atoms with E-state index in [2.05, 4.69) is 48.6 Å². The van der Waals surface area contributed by atoms with Gasteiger partial charge in [-0.25, -0.2) is 9.97 Å². The van der Waals surface area contributed by atoms with Crippen LogP contribution in [0.3, 0.4) is 0 Å². The van der Waals surface area contributed by atoms with Crippen molar-refractivity contribution in [2.24, 2.45) is 0 Å². The maximum absolute atomic E-state index is 5.85. The van der Waals surface area contributed by atoms with Crippen LogP contribution >= 0.6 is 0 Å². The summed E-state index contributed by atoms with van der Waals surface area (Å²) in [5.74, 6) is 0. The van der Waals surface area contributed by atoms with E-state index in [4.69, 9.17) is 15.7 Å². The summed E-state index contributed by atoms with van der Waals surface area (Å²) in [6.45, 7) is 6.15. The van der Waals surface area contributed by atoms with Crippen LogP contribution in [0, 0.1) is 0 Å². The number of benzene rings is 4. The summed E-state index contributed by atoms with van der Waals surface area (Å²) in [6, 6.07) is 32.5. The standard InChI is InChI=1S/C28H24N4.C2H6/c1-2-19-13-18-24(30-23-16-14-22(29)15-17-23)28-25(19)31-26(20-9-5-3-6-10-20)27(32-28)21-11-7-4-8-12-21;1-2/h3-18,30H,2,29H2,1H3;1-2H3. The lowest BCUT2D eigenvalue weighted by Gasteiger charge is -2.16. The van der Waals surface area contributed by atoms with Gasteiger partial charge in [-0.15, -0.1) is 0 Å². The van der Waals surface area contributed by atoms with Crippen molar-refractivity contribution in [2.45, 2.75) is 27.2 Å². The van der Waals surface area contributed by atoms with Crippen LogP contribution in [0.4, 0.5) is 17.1 Å². The Balaban J connectivity index is 0.00000133. The van der Waals surface area contributed by atoms with E-state index in [1.54, 1.807) is 0 Å². The zero-order valence-corrected chi connectivity index (χ0v) is 19.9. The van der Waals surface area contributed by atoms with Gasteiger partial charge < -0.3 is 11.1 Å². The lowest BCUT2D eigenvalue weighted by molar-refractivity contribution is 1.14. The topological polar surface area (TPSA) is 63.8 Å². The van der Waals surface area contributed by atoms with Gasteiger partial charge in [0, 0.05) is 22.5 Å². The number of aromatic nitrogens is 2. The first-order chi connectivity index (χ1) is 16.7. The molecule has 1 heterocycles. The molecule has 0 atom stereocenters. The monoisotopic (exact) mass is 446 g/mol. The molecule has 0 aliphatic heterocycles. The number of nitrogens with two attached hydrogens (primary N) is 1. The molecule has 0 saturated heterocycles. The number of hydrogen-bond donors (Lipinski definition) is 2. The molecule has 0 spiro atoms. The highest BCUT2D eigenvalue weighted by atomic mass is 14.9. The Bertz CT molecular complexity index is 1360. The van der Waals surface area contributed by atoms with E-state index in [0.717, 1.165) is 57.0 Å². The summed E-state index contributed by atoms with van der Waals surface area (Å²) >= 11 is 0. The molecule has 0 bridgehead atoms. The molecule has 0 saturated carbocycles. The van der Waals surface area contributed by atoms with Gasteiger partial charge in [0.25, 0.3) is 0 Å². The number of nitrogen functional groups attached to an aromatic ring is 1. The summed E-state index contributed by atoms with van der Waals surface area (Å²) < 4.78 is 0. The maximum Gasteiger partial charge on any atom is 0.113 e. The zero-order chi connectivity index (χ0) is 23.9. The normalized spacial score (nSPS) is 10.4. The molecule has 0 aliphatic rings. The lowest BCUT2D eigenvalue weighted by Crippen LogP contribution is -2.01. The van der Waals surface area contributed by atoms with E-state index in [0.29, 0.717) is 0 Å². The Hall–Kier alpha value is -4.18. The van der Waals surface area contributed by atoms with E-state index < -0.39 is 0 Å². The molecule has 1 aromatic heterocycles.